The first-order valence-corrected chi connectivity index (χ1v) is 8.15. The minimum Gasteiger partial charge on any atom is -0.466 e. The SMILES string of the molecule is CCCCCCOC(=O)CCCC(=O)OCC1CCCO1. The highest BCUT2D eigenvalue weighted by Gasteiger charge is 2.17. The van der Waals surface area contributed by atoms with E-state index < -0.39 is 0 Å². The predicted molar refractivity (Wildman–Crippen MR) is 78.9 cm³/mol. The standard InChI is InChI=1S/C16H28O5/c1-2-3-4-5-11-20-15(17)9-6-10-16(18)21-13-14-8-7-12-19-14/h14H,2-13H2,1H3. The molecule has 5 heteroatoms. The van der Waals surface area contributed by atoms with E-state index in [1.165, 1.54) is 12.8 Å². The number of hydrogen-bond donors (Lipinski definition) is 0. The maximum absolute atomic E-state index is 11.5. The van der Waals surface area contributed by atoms with Gasteiger partial charge in [-0.05, 0) is 25.7 Å². The Balaban J connectivity index is 1.91. The lowest BCUT2D eigenvalue weighted by Crippen LogP contribution is -2.17. The van der Waals surface area contributed by atoms with E-state index in [9.17, 15) is 9.59 Å². The summed E-state index contributed by atoms with van der Waals surface area (Å²) < 4.78 is 15.6. The van der Waals surface area contributed by atoms with Crippen molar-refractivity contribution >= 4 is 11.9 Å². The van der Waals surface area contributed by atoms with E-state index in [1.54, 1.807) is 0 Å². The van der Waals surface area contributed by atoms with Gasteiger partial charge in [0.25, 0.3) is 0 Å². The predicted octanol–water partition coefficient (Wildman–Crippen LogP) is 3.00. The molecule has 1 unspecified atom stereocenters. The number of carbonyl (C=O) groups excluding carboxylic acids is 2. The smallest absolute Gasteiger partial charge is 0.305 e. The molecule has 0 bridgehead atoms. The molecule has 0 aliphatic carbocycles. The van der Waals surface area contributed by atoms with E-state index >= 15 is 0 Å². The second-order valence-electron chi connectivity index (χ2n) is 5.45. The molecule has 0 aromatic rings. The highest BCUT2D eigenvalue weighted by molar-refractivity contribution is 5.72. The van der Waals surface area contributed by atoms with Gasteiger partial charge < -0.3 is 14.2 Å². The van der Waals surface area contributed by atoms with Crippen molar-refractivity contribution in [3.63, 3.8) is 0 Å². The molecule has 1 atom stereocenters. The van der Waals surface area contributed by atoms with E-state index in [0.29, 0.717) is 19.6 Å². The average Bonchev–Trinajstić information content (AvgIpc) is 2.98. The second-order valence-corrected chi connectivity index (χ2v) is 5.45. The lowest BCUT2D eigenvalue weighted by molar-refractivity contribution is -0.147. The molecule has 0 radical (unpaired) electrons. The van der Waals surface area contributed by atoms with E-state index in [2.05, 4.69) is 6.92 Å². The Morgan fingerprint density at radius 1 is 1.05 bits per heavy atom. The summed E-state index contributed by atoms with van der Waals surface area (Å²) in [6, 6.07) is 0. The maximum atomic E-state index is 11.5. The van der Waals surface area contributed by atoms with E-state index in [4.69, 9.17) is 14.2 Å². The summed E-state index contributed by atoms with van der Waals surface area (Å²) >= 11 is 0. The molecule has 21 heavy (non-hydrogen) atoms. The Bertz CT molecular complexity index is 297. The van der Waals surface area contributed by atoms with Gasteiger partial charge in [0.05, 0.1) is 12.7 Å². The summed E-state index contributed by atoms with van der Waals surface area (Å²) in [7, 11) is 0. The van der Waals surface area contributed by atoms with Crippen LogP contribution in [-0.4, -0.2) is 37.9 Å². The van der Waals surface area contributed by atoms with Crippen molar-refractivity contribution in [2.75, 3.05) is 19.8 Å². The zero-order valence-corrected chi connectivity index (χ0v) is 13.1. The summed E-state index contributed by atoms with van der Waals surface area (Å²) in [6.45, 7) is 3.72. The van der Waals surface area contributed by atoms with Crippen LogP contribution in [0.3, 0.4) is 0 Å². The number of ether oxygens (including phenoxy) is 3. The Morgan fingerprint density at radius 3 is 2.48 bits per heavy atom. The average molecular weight is 300 g/mol. The van der Waals surface area contributed by atoms with Crippen LogP contribution in [0.25, 0.3) is 0 Å². The molecule has 1 heterocycles. The van der Waals surface area contributed by atoms with Crippen LogP contribution >= 0.6 is 0 Å². The van der Waals surface area contributed by atoms with Crippen molar-refractivity contribution in [2.24, 2.45) is 0 Å². The zero-order valence-electron chi connectivity index (χ0n) is 13.1. The van der Waals surface area contributed by atoms with Gasteiger partial charge in [0.1, 0.15) is 6.61 Å². The molecular formula is C16H28O5. The van der Waals surface area contributed by atoms with E-state index in [0.717, 1.165) is 32.3 Å². The Hall–Kier alpha value is -1.10. The van der Waals surface area contributed by atoms with Crippen LogP contribution in [0.2, 0.25) is 0 Å². The normalized spacial score (nSPS) is 17.7. The molecule has 0 amide bonds. The van der Waals surface area contributed by atoms with Crippen molar-refractivity contribution in [1.29, 1.82) is 0 Å². The molecule has 5 nitrogen and oxygen atoms in total. The summed E-state index contributed by atoms with van der Waals surface area (Å²) in [5, 5.41) is 0. The van der Waals surface area contributed by atoms with Crippen LogP contribution in [-0.2, 0) is 23.8 Å². The first-order chi connectivity index (χ1) is 10.2. The summed E-state index contributed by atoms with van der Waals surface area (Å²) in [6.07, 6.45) is 7.43. The topological polar surface area (TPSA) is 61.8 Å². The molecule has 0 spiro atoms. The molecule has 0 aromatic heterocycles. The van der Waals surface area contributed by atoms with Crippen molar-refractivity contribution in [2.45, 2.75) is 70.8 Å². The van der Waals surface area contributed by atoms with Crippen LogP contribution in [0.4, 0.5) is 0 Å². The molecule has 122 valence electrons. The minimum atomic E-state index is -0.263. The van der Waals surface area contributed by atoms with Gasteiger partial charge in [0.15, 0.2) is 0 Å². The van der Waals surface area contributed by atoms with Crippen LogP contribution < -0.4 is 0 Å². The van der Waals surface area contributed by atoms with Gasteiger partial charge in [-0.15, -0.1) is 0 Å². The van der Waals surface area contributed by atoms with Crippen molar-refractivity contribution in [1.82, 2.24) is 0 Å². The third kappa shape index (κ3) is 9.45. The molecule has 1 aliphatic rings. The number of rotatable bonds is 11. The fourth-order valence-corrected chi connectivity index (χ4v) is 2.20. The highest BCUT2D eigenvalue weighted by Crippen LogP contribution is 2.12. The highest BCUT2D eigenvalue weighted by atomic mass is 16.6. The maximum Gasteiger partial charge on any atom is 0.305 e. The molecular weight excluding hydrogens is 272 g/mol. The number of esters is 2. The summed E-state index contributed by atoms with van der Waals surface area (Å²) in [4.78, 5) is 22.9. The molecule has 1 fully saturated rings. The monoisotopic (exact) mass is 300 g/mol. The van der Waals surface area contributed by atoms with Crippen LogP contribution in [0, 0.1) is 0 Å². The van der Waals surface area contributed by atoms with E-state index in [1.807, 2.05) is 0 Å². The lowest BCUT2D eigenvalue weighted by Gasteiger charge is -2.10. The van der Waals surface area contributed by atoms with Gasteiger partial charge in [0, 0.05) is 19.4 Å². The zero-order chi connectivity index (χ0) is 15.3. The van der Waals surface area contributed by atoms with Gasteiger partial charge >= 0.3 is 11.9 Å². The third-order valence-corrected chi connectivity index (χ3v) is 3.48. The van der Waals surface area contributed by atoms with Crippen molar-refractivity contribution < 1.29 is 23.8 Å². The van der Waals surface area contributed by atoms with Gasteiger partial charge in [-0.2, -0.15) is 0 Å². The summed E-state index contributed by atoms with van der Waals surface area (Å²) in [5.41, 5.74) is 0. The molecule has 1 saturated heterocycles. The Kier molecular flexibility index (Phi) is 9.87. The lowest BCUT2D eigenvalue weighted by atomic mass is 10.2. The van der Waals surface area contributed by atoms with Gasteiger partial charge in [-0.1, -0.05) is 26.2 Å². The molecule has 0 aromatic carbocycles. The van der Waals surface area contributed by atoms with Crippen LogP contribution in [0.5, 0.6) is 0 Å². The fraction of sp³-hybridized carbons (Fsp3) is 0.875. The molecule has 0 N–H and O–H groups in total. The first kappa shape index (κ1) is 18.0. The van der Waals surface area contributed by atoms with Crippen molar-refractivity contribution in [3.05, 3.63) is 0 Å². The second kappa shape index (κ2) is 11.5. The molecule has 0 saturated carbocycles. The quantitative estimate of drug-likeness (QED) is 0.433. The minimum absolute atomic E-state index is 0.0574. The van der Waals surface area contributed by atoms with Gasteiger partial charge in [0.2, 0.25) is 0 Å². The van der Waals surface area contributed by atoms with Gasteiger partial charge in [-0.3, -0.25) is 9.59 Å². The molecule has 1 aliphatic heterocycles. The largest absolute Gasteiger partial charge is 0.466 e. The van der Waals surface area contributed by atoms with Crippen LogP contribution in [0.1, 0.15) is 64.7 Å². The summed E-state index contributed by atoms with van der Waals surface area (Å²) in [5.74, 6) is -0.486. The van der Waals surface area contributed by atoms with Crippen molar-refractivity contribution in [3.8, 4) is 0 Å². The third-order valence-electron chi connectivity index (χ3n) is 3.48. The number of unbranched alkanes of at least 4 members (excludes halogenated alkanes) is 3. The Morgan fingerprint density at radius 2 is 1.81 bits per heavy atom. The fourth-order valence-electron chi connectivity index (χ4n) is 2.20. The first-order valence-electron chi connectivity index (χ1n) is 8.15. The van der Waals surface area contributed by atoms with E-state index in [-0.39, 0.29) is 30.9 Å². The Labute approximate surface area is 127 Å². The number of hydrogen-bond acceptors (Lipinski definition) is 5. The molecule has 1 rings (SSSR count). The van der Waals surface area contributed by atoms with Crippen LogP contribution in [0.15, 0.2) is 0 Å². The van der Waals surface area contributed by atoms with Gasteiger partial charge in [-0.25, -0.2) is 0 Å². The number of carbonyl (C=O) groups is 2.